The summed E-state index contributed by atoms with van der Waals surface area (Å²) in [4.78, 5) is 20.9. The van der Waals surface area contributed by atoms with Gasteiger partial charge in [-0.3, -0.25) is 4.79 Å². The van der Waals surface area contributed by atoms with Crippen molar-refractivity contribution in [3.63, 3.8) is 0 Å². The van der Waals surface area contributed by atoms with Gasteiger partial charge in [-0.05, 0) is 35.3 Å². The molecule has 0 saturated heterocycles. The highest BCUT2D eigenvalue weighted by Gasteiger charge is 2.13. The zero-order valence-corrected chi connectivity index (χ0v) is 14.3. The summed E-state index contributed by atoms with van der Waals surface area (Å²) in [7, 11) is 0. The number of hydrogen-bond acceptors (Lipinski definition) is 5. The summed E-state index contributed by atoms with van der Waals surface area (Å²) in [6.45, 7) is 5.21. The fraction of sp³-hybridized carbons (Fsp3) is 0.357. The molecule has 2 N–H and O–H groups in total. The number of pyridine rings is 1. The molecular formula is C14H17BrN4OS. The first-order chi connectivity index (χ1) is 10.1. The first-order valence-electron chi connectivity index (χ1n) is 6.68. The van der Waals surface area contributed by atoms with Crippen LogP contribution in [0.3, 0.4) is 0 Å². The summed E-state index contributed by atoms with van der Waals surface area (Å²) in [6, 6.07) is 1.77. The lowest BCUT2D eigenvalue weighted by Gasteiger charge is -2.10. The van der Waals surface area contributed by atoms with Crippen molar-refractivity contribution in [1.29, 1.82) is 0 Å². The molecule has 0 spiro atoms. The lowest BCUT2D eigenvalue weighted by molar-refractivity contribution is 0.0951. The monoisotopic (exact) mass is 368 g/mol. The molecule has 0 unspecified atom stereocenters. The molecule has 0 radical (unpaired) electrons. The Hall–Kier alpha value is -1.47. The van der Waals surface area contributed by atoms with Gasteiger partial charge in [0.15, 0.2) is 0 Å². The molecule has 0 aliphatic heterocycles. The van der Waals surface area contributed by atoms with Gasteiger partial charge < -0.3 is 10.6 Å². The van der Waals surface area contributed by atoms with Crippen molar-refractivity contribution in [3.05, 3.63) is 38.4 Å². The van der Waals surface area contributed by atoms with Crippen molar-refractivity contribution in [2.45, 2.75) is 26.8 Å². The maximum absolute atomic E-state index is 12.3. The van der Waals surface area contributed by atoms with Crippen LogP contribution in [-0.2, 0) is 6.54 Å². The standard InChI is InChI=1S/C14H17BrN4OS/c1-3-4-16-13-11(5-10(15)6-17-13)14(20)18-7-12-19-9(2)8-21-12/h5-6,8H,3-4,7H2,1-2H3,(H,16,17)(H,18,20). The van der Waals surface area contributed by atoms with E-state index in [0.717, 1.165) is 28.1 Å². The molecule has 0 aliphatic carbocycles. The van der Waals surface area contributed by atoms with Crippen molar-refractivity contribution in [2.24, 2.45) is 0 Å². The Morgan fingerprint density at radius 3 is 2.95 bits per heavy atom. The van der Waals surface area contributed by atoms with Crippen LogP contribution < -0.4 is 10.6 Å². The van der Waals surface area contributed by atoms with E-state index in [1.165, 1.54) is 0 Å². The minimum absolute atomic E-state index is 0.157. The Morgan fingerprint density at radius 1 is 1.48 bits per heavy atom. The number of aryl methyl sites for hydroxylation is 1. The molecule has 0 aromatic carbocycles. The Balaban J connectivity index is 2.08. The molecule has 2 rings (SSSR count). The molecule has 0 atom stereocenters. The Kier molecular flexibility index (Phi) is 5.69. The van der Waals surface area contributed by atoms with Crippen LogP contribution in [0.2, 0.25) is 0 Å². The van der Waals surface area contributed by atoms with Crippen molar-refractivity contribution in [3.8, 4) is 0 Å². The van der Waals surface area contributed by atoms with Gasteiger partial charge in [0.25, 0.3) is 5.91 Å². The maximum atomic E-state index is 12.3. The van der Waals surface area contributed by atoms with E-state index in [9.17, 15) is 4.79 Å². The van der Waals surface area contributed by atoms with Crippen LogP contribution in [0.15, 0.2) is 22.1 Å². The molecule has 7 heteroatoms. The Bertz CT molecular complexity index is 629. The van der Waals surface area contributed by atoms with Crippen LogP contribution in [0.25, 0.3) is 0 Å². The molecule has 2 aromatic rings. The van der Waals surface area contributed by atoms with Crippen LogP contribution in [0, 0.1) is 6.92 Å². The molecule has 0 bridgehead atoms. The van der Waals surface area contributed by atoms with E-state index < -0.39 is 0 Å². The van der Waals surface area contributed by atoms with E-state index in [-0.39, 0.29) is 5.91 Å². The SMILES string of the molecule is CCCNc1ncc(Br)cc1C(=O)NCc1nc(C)cs1. The highest BCUT2D eigenvalue weighted by Crippen LogP contribution is 2.18. The summed E-state index contributed by atoms with van der Waals surface area (Å²) in [5.74, 6) is 0.447. The van der Waals surface area contributed by atoms with E-state index in [1.807, 2.05) is 12.3 Å². The van der Waals surface area contributed by atoms with Crippen LogP contribution in [-0.4, -0.2) is 22.4 Å². The zero-order chi connectivity index (χ0) is 15.2. The maximum Gasteiger partial charge on any atom is 0.255 e. The lowest BCUT2D eigenvalue weighted by Crippen LogP contribution is -2.24. The van der Waals surface area contributed by atoms with Crippen molar-refractivity contribution >= 4 is 39.0 Å². The normalized spacial score (nSPS) is 10.4. The number of nitrogens with one attached hydrogen (secondary N) is 2. The molecule has 0 saturated carbocycles. The fourth-order valence-corrected chi connectivity index (χ4v) is 2.77. The lowest BCUT2D eigenvalue weighted by atomic mass is 10.2. The van der Waals surface area contributed by atoms with Crippen LogP contribution in [0.1, 0.15) is 34.4 Å². The number of aromatic nitrogens is 2. The molecule has 1 amide bonds. The van der Waals surface area contributed by atoms with E-state index in [4.69, 9.17) is 0 Å². The van der Waals surface area contributed by atoms with Gasteiger partial charge in [-0.2, -0.15) is 0 Å². The quantitative estimate of drug-likeness (QED) is 0.820. The Labute approximate surface area is 136 Å². The molecule has 0 fully saturated rings. The van der Waals surface area contributed by atoms with Gasteiger partial charge in [-0.25, -0.2) is 9.97 Å². The van der Waals surface area contributed by atoms with Gasteiger partial charge in [0.2, 0.25) is 0 Å². The average molecular weight is 369 g/mol. The molecule has 0 aliphatic rings. The number of halogens is 1. The predicted octanol–water partition coefficient (Wildman–Crippen LogP) is 3.36. The highest BCUT2D eigenvalue weighted by molar-refractivity contribution is 9.10. The third-order valence-electron chi connectivity index (χ3n) is 2.71. The number of thiazole rings is 1. The first kappa shape index (κ1) is 15.9. The highest BCUT2D eigenvalue weighted by atomic mass is 79.9. The predicted molar refractivity (Wildman–Crippen MR) is 88.7 cm³/mol. The van der Waals surface area contributed by atoms with E-state index >= 15 is 0 Å². The largest absolute Gasteiger partial charge is 0.369 e. The third-order valence-corrected chi connectivity index (χ3v) is 4.11. The number of carbonyl (C=O) groups excluding carboxylic acids is 1. The third kappa shape index (κ3) is 4.50. The molecule has 2 aromatic heterocycles. The summed E-state index contributed by atoms with van der Waals surface area (Å²) in [6.07, 6.45) is 2.65. The number of rotatable bonds is 6. The van der Waals surface area contributed by atoms with Crippen molar-refractivity contribution < 1.29 is 4.79 Å². The molecule has 112 valence electrons. The summed E-state index contributed by atoms with van der Waals surface area (Å²) < 4.78 is 0.778. The van der Waals surface area contributed by atoms with Gasteiger partial charge in [-0.1, -0.05) is 6.92 Å². The molecule has 21 heavy (non-hydrogen) atoms. The topological polar surface area (TPSA) is 66.9 Å². The fourth-order valence-electron chi connectivity index (χ4n) is 1.73. The van der Waals surface area contributed by atoms with Crippen LogP contribution in [0.4, 0.5) is 5.82 Å². The van der Waals surface area contributed by atoms with Gasteiger partial charge in [0.05, 0.1) is 12.1 Å². The second-order valence-electron chi connectivity index (χ2n) is 4.54. The second kappa shape index (κ2) is 7.51. The number of nitrogens with zero attached hydrogens (tertiary/aromatic N) is 2. The average Bonchev–Trinajstić information content (AvgIpc) is 2.89. The van der Waals surface area contributed by atoms with Gasteiger partial charge >= 0.3 is 0 Å². The number of anilines is 1. The van der Waals surface area contributed by atoms with Gasteiger partial charge in [-0.15, -0.1) is 11.3 Å². The number of carbonyl (C=O) groups is 1. The van der Waals surface area contributed by atoms with Crippen molar-refractivity contribution in [1.82, 2.24) is 15.3 Å². The van der Waals surface area contributed by atoms with Gasteiger partial charge in [0.1, 0.15) is 10.8 Å². The van der Waals surface area contributed by atoms with Crippen LogP contribution >= 0.6 is 27.3 Å². The number of amides is 1. The minimum Gasteiger partial charge on any atom is -0.369 e. The van der Waals surface area contributed by atoms with E-state index in [0.29, 0.717) is 17.9 Å². The number of hydrogen-bond donors (Lipinski definition) is 2. The summed E-state index contributed by atoms with van der Waals surface area (Å²) in [5.41, 5.74) is 1.50. The molecular weight excluding hydrogens is 352 g/mol. The molecule has 2 heterocycles. The summed E-state index contributed by atoms with van der Waals surface area (Å²) >= 11 is 4.89. The minimum atomic E-state index is -0.157. The van der Waals surface area contributed by atoms with Gasteiger partial charge in [0, 0.05) is 28.3 Å². The smallest absolute Gasteiger partial charge is 0.255 e. The van der Waals surface area contributed by atoms with Crippen LogP contribution in [0.5, 0.6) is 0 Å². The summed E-state index contributed by atoms with van der Waals surface area (Å²) in [5, 5.41) is 8.91. The Morgan fingerprint density at radius 2 is 2.29 bits per heavy atom. The van der Waals surface area contributed by atoms with E-state index in [2.05, 4.69) is 43.5 Å². The second-order valence-corrected chi connectivity index (χ2v) is 6.40. The first-order valence-corrected chi connectivity index (χ1v) is 8.36. The zero-order valence-electron chi connectivity index (χ0n) is 11.9. The molecule has 5 nitrogen and oxygen atoms in total. The van der Waals surface area contributed by atoms with E-state index in [1.54, 1.807) is 23.6 Å². The van der Waals surface area contributed by atoms with Crippen molar-refractivity contribution in [2.75, 3.05) is 11.9 Å².